The summed E-state index contributed by atoms with van der Waals surface area (Å²) in [5.41, 5.74) is 3.26. The lowest BCUT2D eigenvalue weighted by molar-refractivity contribution is -0.0985. The van der Waals surface area contributed by atoms with Crippen LogP contribution in [0.15, 0.2) is 48.5 Å². The molecule has 2 aromatic carbocycles. The number of fused-ring (bicyclic) bond motifs is 1. The highest BCUT2D eigenvalue weighted by atomic mass is 16.5. The van der Waals surface area contributed by atoms with E-state index >= 15 is 0 Å². The molecule has 29 heavy (non-hydrogen) atoms. The fourth-order valence-electron chi connectivity index (χ4n) is 4.85. The molecule has 1 saturated heterocycles. The number of rotatable bonds is 5. The van der Waals surface area contributed by atoms with Crippen LogP contribution in [0.25, 0.3) is 0 Å². The number of carbonyl (C=O) groups excluding carboxylic acids is 2. The highest BCUT2D eigenvalue weighted by Crippen LogP contribution is 2.45. The van der Waals surface area contributed by atoms with Crippen LogP contribution in [0.5, 0.6) is 0 Å². The van der Waals surface area contributed by atoms with E-state index in [0.717, 1.165) is 25.7 Å². The second kappa shape index (κ2) is 7.42. The van der Waals surface area contributed by atoms with Crippen molar-refractivity contribution in [1.82, 2.24) is 4.90 Å². The van der Waals surface area contributed by atoms with Gasteiger partial charge in [0.2, 0.25) is 0 Å². The van der Waals surface area contributed by atoms with Crippen LogP contribution in [0.1, 0.15) is 71.4 Å². The first-order valence-corrected chi connectivity index (χ1v) is 10.5. The van der Waals surface area contributed by atoms with Crippen molar-refractivity contribution in [3.63, 3.8) is 0 Å². The van der Waals surface area contributed by atoms with E-state index in [9.17, 15) is 9.59 Å². The van der Waals surface area contributed by atoms with Gasteiger partial charge in [0.25, 0.3) is 11.8 Å². The summed E-state index contributed by atoms with van der Waals surface area (Å²) in [6, 6.07) is 15.8. The fourth-order valence-corrected chi connectivity index (χ4v) is 4.85. The van der Waals surface area contributed by atoms with E-state index in [2.05, 4.69) is 45.0 Å². The number of carbonyl (C=O) groups is 2. The minimum absolute atomic E-state index is 0.105. The molecule has 152 valence electrons. The third kappa shape index (κ3) is 3.51. The summed E-state index contributed by atoms with van der Waals surface area (Å²) >= 11 is 0. The van der Waals surface area contributed by atoms with E-state index in [4.69, 9.17) is 4.74 Å². The highest BCUT2D eigenvalue weighted by Gasteiger charge is 2.45. The summed E-state index contributed by atoms with van der Waals surface area (Å²) in [7, 11) is 0. The van der Waals surface area contributed by atoms with E-state index < -0.39 is 0 Å². The molecule has 2 heterocycles. The molecule has 4 rings (SSSR count). The van der Waals surface area contributed by atoms with Crippen LogP contribution in [0.4, 0.5) is 0 Å². The molecular weight excluding hydrogens is 362 g/mol. The average Bonchev–Trinajstić information content (AvgIpc) is 2.97. The molecule has 4 nitrogen and oxygen atoms in total. The van der Waals surface area contributed by atoms with E-state index in [1.165, 1.54) is 16.0 Å². The molecule has 0 unspecified atom stereocenters. The van der Waals surface area contributed by atoms with Crippen molar-refractivity contribution in [2.75, 3.05) is 13.2 Å². The summed E-state index contributed by atoms with van der Waals surface area (Å²) in [5, 5.41) is 0. The highest BCUT2D eigenvalue weighted by molar-refractivity contribution is 6.21. The zero-order valence-corrected chi connectivity index (χ0v) is 17.5. The van der Waals surface area contributed by atoms with Gasteiger partial charge in [0.1, 0.15) is 0 Å². The predicted octanol–water partition coefficient (Wildman–Crippen LogP) is 4.90. The summed E-state index contributed by atoms with van der Waals surface area (Å²) in [6.07, 6.45) is 3.48. The number of ether oxygens (including phenoxy) is 1. The zero-order valence-electron chi connectivity index (χ0n) is 17.5. The molecule has 2 aliphatic heterocycles. The van der Waals surface area contributed by atoms with Gasteiger partial charge in [-0.2, -0.15) is 0 Å². The molecule has 0 N–H and O–H groups in total. The van der Waals surface area contributed by atoms with Crippen molar-refractivity contribution in [3.05, 3.63) is 70.8 Å². The van der Waals surface area contributed by atoms with Crippen molar-refractivity contribution >= 4 is 11.8 Å². The van der Waals surface area contributed by atoms with Crippen molar-refractivity contribution < 1.29 is 14.3 Å². The third-order valence-corrected chi connectivity index (χ3v) is 6.85. The van der Waals surface area contributed by atoms with Gasteiger partial charge in [0.15, 0.2) is 0 Å². The van der Waals surface area contributed by atoms with Gasteiger partial charge in [-0.15, -0.1) is 0 Å². The van der Waals surface area contributed by atoms with Gasteiger partial charge in [-0.1, -0.05) is 48.9 Å². The zero-order chi connectivity index (χ0) is 20.6. The third-order valence-electron chi connectivity index (χ3n) is 6.85. The lowest BCUT2D eigenvalue weighted by atomic mass is 9.66. The smallest absolute Gasteiger partial charge is 0.261 e. The van der Waals surface area contributed by atoms with Gasteiger partial charge in [0.05, 0.1) is 16.7 Å². The second-order valence-electron chi connectivity index (χ2n) is 8.78. The lowest BCUT2D eigenvalue weighted by Crippen LogP contribution is -2.47. The maximum absolute atomic E-state index is 12.8. The van der Waals surface area contributed by atoms with Crippen LogP contribution in [0.3, 0.4) is 0 Å². The Balaban J connectivity index is 1.63. The van der Waals surface area contributed by atoms with E-state index in [0.29, 0.717) is 24.3 Å². The molecule has 4 heteroatoms. The molecule has 0 aliphatic carbocycles. The van der Waals surface area contributed by atoms with E-state index in [-0.39, 0.29) is 22.8 Å². The van der Waals surface area contributed by atoms with Crippen LogP contribution in [0, 0.1) is 6.92 Å². The summed E-state index contributed by atoms with van der Waals surface area (Å²) in [4.78, 5) is 27.1. The normalized spacial score (nSPS) is 26.7. The Kier molecular flexibility index (Phi) is 5.07. The summed E-state index contributed by atoms with van der Waals surface area (Å²) < 4.78 is 6.13. The summed E-state index contributed by atoms with van der Waals surface area (Å²) in [6.45, 7) is 7.56. The SMILES string of the molecule is CC[C@]1(C)C[C@@](CCN2C(=O)c3ccccc3C2=O)(c2ccc(C)cc2)CCO1. The van der Waals surface area contributed by atoms with E-state index in [1.54, 1.807) is 12.1 Å². The molecule has 2 atom stereocenters. The first-order chi connectivity index (χ1) is 13.9. The largest absolute Gasteiger partial charge is 0.375 e. The molecule has 2 amide bonds. The van der Waals surface area contributed by atoms with Crippen LogP contribution >= 0.6 is 0 Å². The van der Waals surface area contributed by atoms with Gasteiger partial charge >= 0.3 is 0 Å². The van der Waals surface area contributed by atoms with Crippen LogP contribution in [0.2, 0.25) is 0 Å². The van der Waals surface area contributed by atoms with Crippen molar-refractivity contribution in [1.29, 1.82) is 0 Å². The molecule has 0 radical (unpaired) electrons. The second-order valence-corrected chi connectivity index (χ2v) is 8.78. The van der Waals surface area contributed by atoms with Crippen LogP contribution in [-0.4, -0.2) is 35.5 Å². The Morgan fingerprint density at radius 3 is 2.21 bits per heavy atom. The number of hydrogen-bond acceptors (Lipinski definition) is 3. The molecule has 2 aliphatic rings. The molecule has 0 saturated carbocycles. The number of imide groups is 1. The van der Waals surface area contributed by atoms with Crippen LogP contribution < -0.4 is 0 Å². The molecule has 1 fully saturated rings. The first-order valence-electron chi connectivity index (χ1n) is 10.5. The van der Waals surface area contributed by atoms with Crippen LogP contribution in [-0.2, 0) is 10.2 Å². The topological polar surface area (TPSA) is 46.6 Å². The first kappa shape index (κ1) is 19.8. The fraction of sp³-hybridized carbons (Fsp3) is 0.440. The standard InChI is InChI=1S/C25H29NO3/c1-4-24(3)17-25(14-16-29-24,19-11-9-18(2)10-12-19)13-15-26-22(27)20-7-5-6-8-21(20)23(26)28/h5-12H,4,13-17H2,1-3H3/t24-,25+/m1/s1. The Labute approximate surface area is 172 Å². The lowest BCUT2D eigenvalue weighted by Gasteiger charge is -2.47. The molecular formula is C25H29NO3. The minimum atomic E-state index is -0.189. The van der Waals surface area contributed by atoms with Gasteiger partial charge in [-0.25, -0.2) is 0 Å². The quantitative estimate of drug-likeness (QED) is 0.681. The predicted molar refractivity (Wildman–Crippen MR) is 113 cm³/mol. The number of amides is 2. The Hall–Kier alpha value is -2.46. The van der Waals surface area contributed by atoms with Gasteiger partial charge in [-0.3, -0.25) is 14.5 Å². The van der Waals surface area contributed by atoms with Crippen molar-refractivity contribution in [3.8, 4) is 0 Å². The van der Waals surface area contributed by atoms with Gasteiger partial charge < -0.3 is 4.74 Å². The maximum Gasteiger partial charge on any atom is 0.261 e. The minimum Gasteiger partial charge on any atom is -0.375 e. The van der Waals surface area contributed by atoms with Crippen molar-refractivity contribution in [2.24, 2.45) is 0 Å². The number of benzene rings is 2. The molecule has 0 bridgehead atoms. The number of hydrogen-bond donors (Lipinski definition) is 0. The van der Waals surface area contributed by atoms with Gasteiger partial charge in [-0.05, 0) is 57.2 Å². The monoisotopic (exact) mass is 391 g/mol. The number of nitrogens with zero attached hydrogens (tertiary/aromatic N) is 1. The molecule has 0 aromatic heterocycles. The van der Waals surface area contributed by atoms with E-state index in [1.807, 2.05) is 12.1 Å². The van der Waals surface area contributed by atoms with Crippen molar-refractivity contribution in [2.45, 2.75) is 57.5 Å². The van der Waals surface area contributed by atoms with Gasteiger partial charge in [0, 0.05) is 18.6 Å². The number of aryl methyl sites for hydroxylation is 1. The molecule has 2 aromatic rings. The summed E-state index contributed by atoms with van der Waals surface area (Å²) in [5.74, 6) is -0.343. The maximum atomic E-state index is 12.8. The Morgan fingerprint density at radius 2 is 1.62 bits per heavy atom. The Morgan fingerprint density at radius 1 is 1.00 bits per heavy atom. The molecule has 0 spiro atoms. The Bertz CT molecular complexity index is 900. The average molecular weight is 392 g/mol.